The first-order valence-electron chi connectivity index (χ1n) is 9.51. The van der Waals surface area contributed by atoms with Crippen LogP contribution < -0.4 is 9.47 Å². The van der Waals surface area contributed by atoms with E-state index in [2.05, 4.69) is 6.92 Å². The summed E-state index contributed by atoms with van der Waals surface area (Å²) < 4.78 is 11.2. The fraction of sp³-hybridized carbons (Fsp3) is 0.333. The van der Waals surface area contributed by atoms with Crippen molar-refractivity contribution >= 4 is 12.0 Å². The number of esters is 1. The molecule has 2 rings (SSSR count). The summed E-state index contributed by atoms with van der Waals surface area (Å²) in [6.07, 6.45) is 3.60. The molecular weight excluding hydrogens is 350 g/mol. The largest absolute Gasteiger partial charge is 0.494 e. The standard InChI is InChI=1S/C24H27NO3/c1-5-6-15-27-20-13-11-18(12-14-20)16-19(17-25)23(26)28-22-10-8-7-9-21(22)24(2,3)4/h7-14,16H,5-6,15H2,1-4H3/b19-16+. The molecule has 0 unspecified atom stereocenters. The molecule has 0 aliphatic rings. The third kappa shape index (κ3) is 5.99. The van der Waals surface area contributed by atoms with Crippen molar-refractivity contribution in [2.75, 3.05) is 6.61 Å². The van der Waals surface area contributed by atoms with Gasteiger partial charge in [-0.25, -0.2) is 4.79 Å². The van der Waals surface area contributed by atoms with E-state index in [1.54, 1.807) is 6.07 Å². The van der Waals surface area contributed by atoms with Gasteiger partial charge in [0.05, 0.1) is 6.61 Å². The van der Waals surface area contributed by atoms with Crippen LogP contribution in [0.2, 0.25) is 0 Å². The fourth-order valence-electron chi connectivity index (χ4n) is 2.63. The molecule has 0 N–H and O–H groups in total. The molecule has 4 heteroatoms. The Balaban J connectivity index is 2.15. The van der Waals surface area contributed by atoms with Crippen LogP contribution in [0.15, 0.2) is 54.1 Å². The molecule has 0 radical (unpaired) electrons. The maximum atomic E-state index is 12.5. The topological polar surface area (TPSA) is 59.3 Å². The third-order valence-electron chi connectivity index (χ3n) is 4.20. The van der Waals surface area contributed by atoms with Crippen molar-refractivity contribution in [1.82, 2.24) is 0 Å². The lowest BCUT2D eigenvalue weighted by atomic mass is 9.86. The lowest BCUT2D eigenvalue weighted by molar-refractivity contribution is -0.129. The maximum Gasteiger partial charge on any atom is 0.354 e. The summed E-state index contributed by atoms with van der Waals surface area (Å²) in [5.41, 5.74) is 1.42. The van der Waals surface area contributed by atoms with Crippen molar-refractivity contribution < 1.29 is 14.3 Å². The van der Waals surface area contributed by atoms with Gasteiger partial charge in [-0.05, 0) is 41.7 Å². The van der Waals surface area contributed by atoms with Gasteiger partial charge < -0.3 is 9.47 Å². The minimum atomic E-state index is -0.664. The quantitative estimate of drug-likeness (QED) is 0.205. The number of benzene rings is 2. The molecule has 0 saturated carbocycles. The molecule has 0 aromatic heterocycles. The van der Waals surface area contributed by atoms with E-state index >= 15 is 0 Å². The number of rotatable bonds is 7. The van der Waals surface area contributed by atoms with Gasteiger partial charge in [-0.2, -0.15) is 5.26 Å². The predicted octanol–water partition coefficient (Wildman–Crippen LogP) is 5.68. The predicted molar refractivity (Wildman–Crippen MR) is 111 cm³/mol. The molecule has 0 heterocycles. The molecule has 0 spiro atoms. The second kappa shape index (κ2) is 9.75. The second-order valence-electron chi connectivity index (χ2n) is 7.58. The Morgan fingerprint density at radius 2 is 1.79 bits per heavy atom. The van der Waals surface area contributed by atoms with Crippen LogP contribution in [0.3, 0.4) is 0 Å². The number of nitriles is 1. The average molecular weight is 377 g/mol. The van der Waals surface area contributed by atoms with Crippen LogP contribution in [0, 0.1) is 11.3 Å². The van der Waals surface area contributed by atoms with Gasteiger partial charge in [0.15, 0.2) is 0 Å². The van der Waals surface area contributed by atoms with Crippen molar-refractivity contribution in [3.05, 3.63) is 65.2 Å². The van der Waals surface area contributed by atoms with Crippen LogP contribution in [0.1, 0.15) is 51.7 Å². The van der Waals surface area contributed by atoms with Crippen molar-refractivity contribution in [1.29, 1.82) is 5.26 Å². The lowest BCUT2D eigenvalue weighted by Gasteiger charge is -2.21. The van der Waals surface area contributed by atoms with E-state index in [4.69, 9.17) is 9.47 Å². The lowest BCUT2D eigenvalue weighted by Crippen LogP contribution is -2.17. The van der Waals surface area contributed by atoms with Crippen LogP contribution in [-0.2, 0) is 10.2 Å². The molecule has 0 bridgehead atoms. The molecule has 0 saturated heterocycles. The molecule has 0 aliphatic carbocycles. The average Bonchev–Trinajstić information content (AvgIpc) is 2.67. The molecule has 4 nitrogen and oxygen atoms in total. The molecular formula is C24H27NO3. The Morgan fingerprint density at radius 3 is 2.39 bits per heavy atom. The van der Waals surface area contributed by atoms with E-state index in [9.17, 15) is 10.1 Å². The monoisotopic (exact) mass is 377 g/mol. The fourth-order valence-corrected chi connectivity index (χ4v) is 2.63. The van der Waals surface area contributed by atoms with E-state index in [1.165, 1.54) is 6.08 Å². The number of para-hydroxylation sites is 1. The molecule has 2 aromatic rings. The minimum Gasteiger partial charge on any atom is -0.494 e. The molecule has 0 amide bonds. The summed E-state index contributed by atoms with van der Waals surface area (Å²) >= 11 is 0. The van der Waals surface area contributed by atoms with Crippen LogP contribution >= 0.6 is 0 Å². The van der Waals surface area contributed by atoms with E-state index in [0.717, 1.165) is 29.7 Å². The van der Waals surface area contributed by atoms with Gasteiger partial charge in [0.1, 0.15) is 23.1 Å². The summed E-state index contributed by atoms with van der Waals surface area (Å²) in [5, 5.41) is 9.42. The van der Waals surface area contributed by atoms with Crippen molar-refractivity contribution in [2.45, 2.75) is 46.0 Å². The van der Waals surface area contributed by atoms with E-state index in [-0.39, 0.29) is 11.0 Å². The summed E-state index contributed by atoms with van der Waals surface area (Å²) in [5.74, 6) is 0.578. The van der Waals surface area contributed by atoms with E-state index in [1.807, 2.05) is 69.3 Å². The van der Waals surface area contributed by atoms with E-state index in [0.29, 0.717) is 12.4 Å². The van der Waals surface area contributed by atoms with E-state index < -0.39 is 5.97 Å². The smallest absolute Gasteiger partial charge is 0.354 e. The number of unbranched alkanes of at least 4 members (excludes halogenated alkanes) is 1. The van der Waals surface area contributed by atoms with Gasteiger partial charge in [-0.1, -0.05) is 64.4 Å². The highest BCUT2D eigenvalue weighted by molar-refractivity contribution is 5.99. The number of nitrogens with zero attached hydrogens (tertiary/aromatic N) is 1. The summed E-state index contributed by atoms with van der Waals surface area (Å²) in [4.78, 5) is 12.5. The van der Waals surface area contributed by atoms with Gasteiger partial charge in [0.2, 0.25) is 0 Å². The van der Waals surface area contributed by atoms with Crippen molar-refractivity contribution in [2.24, 2.45) is 0 Å². The zero-order valence-electron chi connectivity index (χ0n) is 17.0. The second-order valence-corrected chi connectivity index (χ2v) is 7.58. The summed E-state index contributed by atoms with van der Waals surface area (Å²) in [6, 6.07) is 16.6. The van der Waals surface area contributed by atoms with Crippen LogP contribution in [0.25, 0.3) is 6.08 Å². The maximum absolute atomic E-state index is 12.5. The molecule has 146 valence electrons. The zero-order chi connectivity index (χ0) is 20.6. The normalized spacial score (nSPS) is 11.6. The van der Waals surface area contributed by atoms with Crippen LogP contribution in [0.4, 0.5) is 0 Å². The first-order chi connectivity index (χ1) is 13.3. The number of carbonyl (C=O) groups is 1. The Kier molecular flexibility index (Phi) is 7.40. The summed E-state index contributed by atoms with van der Waals surface area (Å²) in [6.45, 7) is 8.93. The highest BCUT2D eigenvalue weighted by atomic mass is 16.5. The third-order valence-corrected chi connectivity index (χ3v) is 4.20. The van der Waals surface area contributed by atoms with Crippen LogP contribution in [-0.4, -0.2) is 12.6 Å². The highest BCUT2D eigenvalue weighted by Crippen LogP contribution is 2.31. The number of carbonyl (C=O) groups excluding carboxylic acids is 1. The molecule has 28 heavy (non-hydrogen) atoms. The zero-order valence-corrected chi connectivity index (χ0v) is 17.0. The Hall–Kier alpha value is -3.06. The van der Waals surface area contributed by atoms with Gasteiger partial charge in [0.25, 0.3) is 0 Å². The SMILES string of the molecule is CCCCOc1ccc(/C=C(\C#N)C(=O)Oc2ccccc2C(C)(C)C)cc1. The van der Waals surface area contributed by atoms with Gasteiger partial charge in [0, 0.05) is 5.56 Å². The van der Waals surface area contributed by atoms with Crippen molar-refractivity contribution in [3.8, 4) is 17.6 Å². The van der Waals surface area contributed by atoms with Gasteiger partial charge >= 0.3 is 5.97 Å². The molecule has 0 aliphatic heterocycles. The Labute approximate surface area is 167 Å². The number of hydrogen-bond acceptors (Lipinski definition) is 4. The first-order valence-corrected chi connectivity index (χ1v) is 9.51. The summed E-state index contributed by atoms with van der Waals surface area (Å²) in [7, 11) is 0. The first kappa shape index (κ1) is 21.2. The number of ether oxygens (including phenoxy) is 2. The molecule has 0 fully saturated rings. The Morgan fingerprint density at radius 1 is 1.11 bits per heavy atom. The highest BCUT2D eigenvalue weighted by Gasteiger charge is 2.21. The Bertz CT molecular complexity index is 868. The van der Waals surface area contributed by atoms with Crippen LogP contribution in [0.5, 0.6) is 11.5 Å². The van der Waals surface area contributed by atoms with Gasteiger partial charge in [-0.15, -0.1) is 0 Å². The minimum absolute atomic E-state index is 0.0524. The molecule has 2 aromatic carbocycles. The van der Waals surface area contributed by atoms with Gasteiger partial charge in [-0.3, -0.25) is 0 Å². The molecule has 0 atom stereocenters. The number of hydrogen-bond donors (Lipinski definition) is 0. The van der Waals surface area contributed by atoms with Crippen molar-refractivity contribution in [3.63, 3.8) is 0 Å².